The molecule has 2 aromatic heterocycles. The molecule has 6 heterocycles. The van der Waals surface area contributed by atoms with Gasteiger partial charge >= 0.3 is 0 Å². The summed E-state index contributed by atoms with van der Waals surface area (Å²) in [7, 11) is 0. The van der Waals surface area contributed by atoms with E-state index < -0.39 is 23.8 Å². The molecule has 2 unspecified atom stereocenters. The Hall–Kier alpha value is -6.16. The number of aromatic amines is 1. The molecule has 15 nitrogen and oxygen atoms in total. The molecule has 63 heavy (non-hydrogen) atoms. The predicted octanol–water partition coefficient (Wildman–Crippen LogP) is 6.29. The van der Waals surface area contributed by atoms with Gasteiger partial charge in [0.2, 0.25) is 11.8 Å². The van der Waals surface area contributed by atoms with Crippen LogP contribution >= 0.6 is 11.6 Å². The minimum atomic E-state index is -0.969. The minimum absolute atomic E-state index is 0.0945. The van der Waals surface area contributed by atoms with Crippen molar-refractivity contribution >= 4 is 63.6 Å². The second-order valence-corrected chi connectivity index (χ2v) is 17.1. The quantitative estimate of drug-likeness (QED) is 0.0611. The number of fused-ring (bicyclic) bond motifs is 2. The molecule has 0 bridgehead atoms. The van der Waals surface area contributed by atoms with E-state index in [4.69, 9.17) is 16.3 Å². The van der Waals surface area contributed by atoms with Gasteiger partial charge in [-0.15, -0.1) is 0 Å². The third-order valence-electron chi connectivity index (χ3n) is 12.6. The van der Waals surface area contributed by atoms with Crippen LogP contribution in [0.1, 0.15) is 88.0 Å². The standard InChI is InChI=1S/C47H50ClN9O6/c48-38-26-33(63-32-10-4-3-5-11-32)13-15-35(38)42(59)37-27-49-43-41(37)44(51-29-50-43)52-30-9-8-20-55(28-30)19-7-2-1-6-18-54-21-23-56(24-22-54)31-12-14-34-36(25-31)47(62)57(46(34)61)39-16-17-40(58)53-45(39)60/h3-5,10-15,25-27,29-30,39H,1-2,6-9,16-24,28H2,(H,53,58,60)(H2,49,50,51,52). The number of nitrogens with one attached hydrogen (secondary N) is 3. The Labute approximate surface area is 370 Å². The highest BCUT2D eigenvalue weighted by Crippen LogP contribution is 2.33. The number of amides is 4. The van der Waals surface area contributed by atoms with Gasteiger partial charge < -0.3 is 24.8 Å². The summed E-state index contributed by atoms with van der Waals surface area (Å²) in [5, 5.41) is 6.85. The number of hydrogen-bond acceptors (Lipinski definition) is 12. The normalized spacial score (nSPS) is 19.7. The first-order chi connectivity index (χ1) is 30.7. The molecule has 0 saturated carbocycles. The Balaban J connectivity index is 0.709. The summed E-state index contributed by atoms with van der Waals surface area (Å²) in [6.45, 7) is 7.49. The van der Waals surface area contributed by atoms with Gasteiger partial charge in [0.1, 0.15) is 35.3 Å². The zero-order valence-corrected chi connectivity index (χ0v) is 35.7. The third kappa shape index (κ3) is 9.17. The zero-order valence-electron chi connectivity index (χ0n) is 35.0. The van der Waals surface area contributed by atoms with Gasteiger partial charge in [0.25, 0.3) is 11.8 Å². The molecule has 5 aromatic rings. The van der Waals surface area contributed by atoms with E-state index in [9.17, 15) is 24.0 Å². The average Bonchev–Trinajstić information content (AvgIpc) is 3.84. The first-order valence-corrected chi connectivity index (χ1v) is 22.3. The van der Waals surface area contributed by atoms with E-state index in [1.165, 1.54) is 6.33 Å². The lowest BCUT2D eigenvalue weighted by Gasteiger charge is -2.36. The molecular weight excluding hydrogens is 822 g/mol. The average molecular weight is 872 g/mol. The van der Waals surface area contributed by atoms with E-state index in [1.54, 1.807) is 36.5 Å². The molecular formula is C47H50ClN9O6. The van der Waals surface area contributed by atoms with Gasteiger partial charge in [0.05, 0.1) is 27.1 Å². The number of H-pyrrole nitrogens is 1. The molecule has 3 saturated heterocycles. The number of anilines is 2. The Kier molecular flexibility index (Phi) is 12.5. The maximum absolute atomic E-state index is 13.9. The number of nitrogens with zero attached hydrogens (tertiary/aromatic N) is 6. The van der Waals surface area contributed by atoms with Crippen LogP contribution in [0.5, 0.6) is 11.5 Å². The Morgan fingerprint density at radius 1 is 0.794 bits per heavy atom. The first-order valence-electron chi connectivity index (χ1n) is 21.9. The molecule has 326 valence electrons. The van der Waals surface area contributed by atoms with Crippen molar-refractivity contribution in [2.24, 2.45) is 0 Å². The fourth-order valence-corrected chi connectivity index (χ4v) is 9.50. The van der Waals surface area contributed by atoms with E-state index >= 15 is 0 Å². The van der Waals surface area contributed by atoms with Crippen LogP contribution in [0.15, 0.2) is 79.3 Å². The highest BCUT2D eigenvalue weighted by atomic mass is 35.5. The number of ether oxygens (including phenoxy) is 1. The van der Waals surface area contributed by atoms with E-state index in [-0.39, 0.29) is 30.6 Å². The second-order valence-electron chi connectivity index (χ2n) is 16.7. The van der Waals surface area contributed by atoms with Gasteiger partial charge in [-0.25, -0.2) is 9.97 Å². The van der Waals surface area contributed by atoms with Crippen LogP contribution in [-0.4, -0.2) is 124 Å². The molecule has 0 spiro atoms. The van der Waals surface area contributed by atoms with Gasteiger partial charge in [0, 0.05) is 68.7 Å². The van der Waals surface area contributed by atoms with E-state index in [2.05, 4.69) is 40.3 Å². The number of halogens is 1. The molecule has 3 N–H and O–H groups in total. The lowest BCUT2D eigenvalue weighted by atomic mass is 10.0. The molecule has 4 amide bonds. The molecule has 0 aliphatic carbocycles. The summed E-state index contributed by atoms with van der Waals surface area (Å²) in [5.41, 5.74) is 2.92. The summed E-state index contributed by atoms with van der Waals surface area (Å²) in [6.07, 6.45) is 10.1. The number of hydrogen-bond donors (Lipinski definition) is 3. The second kappa shape index (κ2) is 18.7. The maximum Gasteiger partial charge on any atom is 0.262 e. The van der Waals surface area contributed by atoms with Crippen molar-refractivity contribution in [3.63, 3.8) is 0 Å². The van der Waals surface area contributed by atoms with Gasteiger partial charge in [-0.05, 0) is 94.2 Å². The number of piperazine rings is 1. The van der Waals surface area contributed by atoms with Crippen molar-refractivity contribution in [1.29, 1.82) is 0 Å². The highest BCUT2D eigenvalue weighted by Gasteiger charge is 2.45. The van der Waals surface area contributed by atoms with Crippen molar-refractivity contribution in [3.8, 4) is 11.5 Å². The highest BCUT2D eigenvalue weighted by molar-refractivity contribution is 6.36. The number of imide groups is 2. The lowest BCUT2D eigenvalue weighted by Crippen LogP contribution is -2.54. The zero-order chi connectivity index (χ0) is 43.5. The van der Waals surface area contributed by atoms with E-state index in [0.717, 1.165) is 101 Å². The van der Waals surface area contributed by atoms with Gasteiger partial charge in [-0.3, -0.25) is 39.1 Å². The molecule has 4 aliphatic heterocycles. The largest absolute Gasteiger partial charge is 0.457 e. The summed E-state index contributed by atoms with van der Waals surface area (Å²) in [4.78, 5) is 84.8. The van der Waals surface area contributed by atoms with Crippen LogP contribution < -0.4 is 20.3 Å². The molecule has 9 rings (SSSR count). The van der Waals surface area contributed by atoms with Crippen LogP contribution in [0.2, 0.25) is 5.02 Å². The van der Waals surface area contributed by atoms with E-state index in [1.807, 2.05) is 36.4 Å². The number of rotatable bonds is 15. The smallest absolute Gasteiger partial charge is 0.262 e. The number of likely N-dealkylation sites (tertiary alicyclic amines) is 1. The van der Waals surface area contributed by atoms with Crippen molar-refractivity contribution in [2.45, 2.75) is 63.5 Å². The van der Waals surface area contributed by atoms with Gasteiger partial charge in [-0.2, -0.15) is 0 Å². The van der Waals surface area contributed by atoms with Crippen molar-refractivity contribution < 1.29 is 28.7 Å². The first kappa shape index (κ1) is 42.2. The summed E-state index contributed by atoms with van der Waals surface area (Å²) < 4.78 is 5.91. The summed E-state index contributed by atoms with van der Waals surface area (Å²) in [5.74, 6) is -0.325. The molecule has 0 radical (unpaired) electrons. The van der Waals surface area contributed by atoms with Crippen LogP contribution in [0, 0.1) is 0 Å². The number of aromatic nitrogens is 3. The Bertz CT molecular complexity index is 2540. The van der Waals surface area contributed by atoms with Gasteiger partial charge in [-0.1, -0.05) is 42.6 Å². The monoisotopic (exact) mass is 871 g/mol. The maximum atomic E-state index is 13.9. The van der Waals surface area contributed by atoms with Gasteiger partial charge in [0.15, 0.2) is 5.78 Å². The number of unbranched alkanes of at least 4 members (excludes halogenated alkanes) is 3. The van der Waals surface area contributed by atoms with Crippen molar-refractivity contribution in [1.82, 2.24) is 35.0 Å². The molecule has 16 heteroatoms. The van der Waals surface area contributed by atoms with Crippen LogP contribution in [0.25, 0.3) is 11.0 Å². The fourth-order valence-electron chi connectivity index (χ4n) is 9.24. The number of piperidine rings is 2. The Morgan fingerprint density at radius 2 is 1.57 bits per heavy atom. The topological polar surface area (TPSA) is 173 Å². The molecule has 3 aromatic carbocycles. The van der Waals surface area contributed by atoms with Crippen molar-refractivity contribution in [2.75, 3.05) is 62.6 Å². The number of benzene rings is 3. The number of carbonyl (C=O) groups excluding carboxylic acids is 5. The van der Waals surface area contributed by atoms with Crippen LogP contribution in [0.4, 0.5) is 11.5 Å². The number of ketones is 1. The van der Waals surface area contributed by atoms with E-state index in [0.29, 0.717) is 55.6 Å². The Morgan fingerprint density at radius 3 is 2.35 bits per heavy atom. The lowest BCUT2D eigenvalue weighted by molar-refractivity contribution is -0.136. The molecule has 3 fully saturated rings. The van der Waals surface area contributed by atoms with Crippen LogP contribution in [-0.2, 0) is 9.59 Å². The SMILES string of the molecule is O=C1CCC(N2C(=O)c3ccc(N4CCN(CCCCCCN5CCCC(Nc6ncnc7[nH]cc(C(=O)c8ccc(Oc9ccccc9)cc8Cl)c67)C5)CC4)cc3C2=O)C(=O)N1. The summed E-state index contributed by atoms with van der Waals surface area (Å²) >= 11 is 6.65. The molecule has 4 aliphatic rings. The molecule has 2 atom stereocenters. The number of para-hydroxylation sites is 1. The minimum Gasteiger partial charge on any atom is -0.457 e. The summed E-state index contributed by atoms with van der Waals surface area (Å²) in [6, 6.07) is 19.0. The van der Waals surface area contributed by atoms with Crippen molar-refractivity contribution in [3.05, 3.63) is 107 Å². The third-order valence-corrected chi connectivity index (χ3v) is 12.9. The fraction of sp³-hybridized carbons (Fsp3) is 0.383. The number of carbonyl (C=O) groups is 5. The van der Waals surface area contributed by atoms with Crippen LogP contribution in [0.3, 0.4) is 0 Å². The predicted molar refractivity (Wildman–Crippen MR) is 239 cm³/mol.